The Morgan fingerprint density at radius 1 is 1.37 bits per heavy atom. The summed E-state index contributed by atoms with van der Waals surface area (Å²) >= 11 is 3.40. The van der Waals surface area contributed by atoms with E-state index in [4.69, 9.17) is 14.2 Å². The van der Waals surface area contributed by atoms with Crippen LogP contribution in [0.1, 0.15) is 30.1 Å². The minimum absolute atomic E-state index is 0.0144. The van der Waals surface area contributed by atoms with Gasteiger partial charge in [-0.15, -0.1) is 0 Å². The number of esters is 1. The zero-order chi connectivity index (χ0) is 13.4. The normalized spacial score (nSPS) is 18.8. The van der Waals surface area contributed by atoms with Crippen molar-refractivity contribution in [1.29, 1.82) is 0 Å². The molecule has 102 valence electrons. The van der Waals surface area contributed by atoms with E-state index in [1.54, 1.807) is 12.1 Å². The minimum atomic E-state index is -0.308. The van der Waals surface area contributed by atoms with Crippen LogP contribution in [0.5, 0.6) is 11.5 Å². The third-order valence-electron chi connectivity index (χ3n) is 3.41. The van der Waals surface area contributed by atoms with Crippen LogP contribution < -0.4 is 9.47 Å². The zero-order valence-electron chi connectivity index (χ0n) is 10.6. The summed E-state index contributed by atoms with van der Waals surface area (Å²) in [5.41, 5.74) is 0.489. The topological polar surface area (TPSA) is 44.8 Å². The van der Waals surface area contributed by atoms with Gasteiger partial charge in [-0.05, 0) is 53.7 Å². The van der Waals surface area contributed by atoms with Gasteiger partial charge in [0.1, 0.15) is 19.3 Å². The standard InChI is InChI=1S/C14H15BrO4/c1-8(9-2-3-9)19-14(16)10-6-11(15)13-12(7-10)17-4-5-18-13/h6-9H,2-5H2,1H3. The van der Waals surface area contributed by atoms with Crippen molar-refractivity contribution in [2.24, 2.45) is 5.92 Å². The molecule has 1 aromatic carbocycles. The van der Waals surface area contributed by atoms with Crippen molar-refractivity contribution in [1.82, 2.24) is 0 Å². The fraction of sp³-hybridized carbons (Fsp3) is 0.500. The molecule has 4 nitrogen and oxygen atoms in total. The number of hydrogen-bond donors (Lipinski definition) is 0. The Hall–Kier alpha value is -1.23. The predicted molar refractivity (Wildman–Crippen MR) is 72.7 cm³/mol. The monoisotopic (exact) mass is 326 g/mol. The second-order valence-corrected chi connectivity index (χ2v) is 5.78. The van der Waals surface area contributed by atoms with Crippen molar-refractivity contribution in [2.75, 3.05) is 13.2 Å². The average Bonchev–Trinajstić information content (AvgIpc) is 3.23. The lowest BCUT2D eigenvalue weighted by Crippen LogP contribution is -2.19. The third kappa shape index (κ3) is 2.71. The smallest absolute Gasteiger partial charge is 0.338 e. The number of halogens is 1. The van der Waals surface area contributed by atoms with E-state index >= 15 is 0 Å². The highest BCUT2D eigenvalue weighted by atomic mass is 79.9. The van der Waals surface area contributed by atoms with E-state index in [-0.39, 0.29) is 12.1 Å². The van der Waals surface area contributed by atoms with E-state index in [1.165, 1.54) is 0 Å². The largest absolute Gasteiger partial charge is 0.486 e. The van der Waals surface area contributed by atoms with Gasteiger partial charge in [-0.2, -0.15) is 0 Å². The fourth-order valence-corrected chi connectivity index (χ4v) is 2.68. The molecule has 0 bridgehead atoms. The van der Waals surface area contributed by atoms with Crippen LogP contribution in [0.25, 0.3) is 0 Å². The van der Waals surface area contributed by atoms with Gasteiger partial charge in [0.05, 0.1) is 10.0 Å². The van der Waals surface area contributed by atoms with Crippen LogP contribution in [0.4, 0.5) is 0 Å². The molecule has 0 amide bonds. The van der Waals surface area contributed by atoms with Crippen LogP contribution in [0.2, 0.25) is 0 Å². The Balaban J connectivity index is 1.80. The summed E-state index contributed by atoms with van der Waals surface area (Å²) in [6.45, 7) is 2.97. The van der Waals surface area contributed by atoms with Crippen molar-refractivity contribution >= 4 is 21.9 Å². The number of fused-ring (bicyclic) bond motifs is 1. The second-order valence-electron chi connectivity index (χ2n) is 4.93. The number of ether oxygens (including phenoxy) is 3. The highest BCUT2D eigenvalue weighted by Gasteiger charge is 2.31. The molecular weight excluding hydrogens is 312 g/mol. The van der Waals surface area contributed by atoms with Crippen molar-refractivity contribution in [3.8, 4) is 11.5 Å². The van der Waals surface area contributed by atoms with Crippen LogP contribution in [0.15, 0.2) is 16.6 Å². The molecule has 1 aliphatic heterocycles. The molecule has 0 spiro atoms. The Kier molecular flexibility index (Phi) is 3.39. The summed E-state index contributed by atoms with van der Waals surface area (Å²) < 4.78 is 17.2. The maximum absolute atomic E-state index is 12.1. The van der Waals surface area contributed by atoms with Crippen LogP contribution in [0, 0.1) is 5.92 Å². The van der Waals surface area contributed by atoms with Gasteiger partial charge in [-0.3, -0.25) is 0 Å². The van der Waals surface area contributed by atoms with Crippen molar-refractivity contribution in [3.63, 3.8) is 0 Å². The number of hydrogen-bond acceptors (Lipinski definition) is 4. The zero-order valence-corrected chi connectivity index (χ0v) is 12.2. The van der Waals surface area contributed by atoms with E-state index in [0.29, 0.717) is 36.2 Å². The quantitative estimate of drug-likeness (QED) is 0.800. The predicted octanol–water partition coefficient (Wildman–Crippen LogP) is 3.18. The molecule has 1 saturated carbocycles. The fourth-order valence-electron chi connectivity index (χ4n) is 2.13. The van der Waals surface area contributed by atoms with Gasteiger partial charge in [0.15, 0.2) is 11.5 Å². The van der Waals surface area contributed by atoms with Crippen LogP contribution in [0.3, 0.4) is 0 Å². The Labute approximate surface area is 120 Å². The molecule has 0 aromatic heterocycles. The van der Waals surface area contributed by atoms with E-state index in [9.17, 15) is 4.79 Å². The summed E-state index contributed by atoms with van der Waals surface area (Å²) in [7, 11) is 0. The number of benzene rings is 1. The third-order valence-corrected chi connectivity index (χ3v) is 4.00. The lowest BCUT2D eigenvalue weighted by atomic mass is 10.2. The van der Waals surface area contributed by atoms with Gasteiger partial charge in [0, 0.05) is 0 Å². The van der Waals surface area contributed by atoms with Crippen LogP contribution in [-0.2, 0) is 4.74 Å². The maximum atomic E-state index is 12.1. The minimum Gasteiger partial charge on any atom is -0.486 e. The first-order valence-corrected chi connectivity index (χ1v) is 7.24. The SMILES string of the molecule is CC(OC(=O)c1cc(Br)c2c(c1)OCCO2)C1CC1. The average molecular weight is 327 g/mol. The lowest BCUT2D eigenvalue weighted by Gasteiger charge is -2.20. The number of carbonyl (C=O) groups excluding carboxylic acids is 1. The molecule has 1 heterocycles. The molecule has 1 unspecified atom stereocenters. The summed E-state index contributed by atoms with van der Waals surface area (Å²) in [6, 6.07) is 3.40. The van der Waals surface area contributed by atoms with Gasteiger partial charge < -0.3 is 14.2 Å². The lowest BCUT2D eigenvalue weighted by molar-refractivity contribution is 0.0293. The maximum Gasteiger partial charge on any atom is 0.338 e. The number of carbonyl (C=O) groups is 1. The molecule has 0 N–H and O–H groups in total. The molecular formula is C14H15BrO4. The van der Waals surface area contributed by atoms with Crippen molar-refractivity contribution in [2.45, 2.75) is 25.9 Å². The number of rotatable bonds is 3. The Bertz CT molecular complexity index is 510. The van der Waals surface area contributed by atoms with E-state index in [2.05, 4.69) is 15.9 Å². The second kappa shape index (κ2) is 5.04. The molecule has 5 heteroatoms. The van der Waals surface area contributed by atoms with E-state index < -0.39 is 0 Å². The van der Waals surface area contributed by atoms with Gasteiger partial charge >= 0.3 is 5.97 Å². The van der Waals surface area contributed by atoms with Gasteiger partial charge in [-0.1, -0.05) is 0 Å². The highest BCUT2D eigenvalue weighted by Crippen LogP contribution is 2.39. The van der Waals surface area contributed by atoms with Crippen molar-refractivity contribution in [3.05, 3.63) is 22.2 Å². The Morgan fingerprint density at radius 2 is 2.11 bits per heavy atom. The molecule has 19 heavy (non-hydrogen) atoms. The first kappa shape index (κ1) is 12.8. The summed E-state index contributed by atoms with van der Waals surface area (Å²) in [5.74, 6) is 1.46. The van der Waals surface area contributed by atoms with Gasteiger partial charge in [0.2, 0.25) is 0 Å². The first-order chi connectivity index (χ1) is 9.15. The Morgan fingerprint density at radius 3 is 2.84 bits per heavy atom. The molecule has 1 atom stereocenters. The summed E-state index contributed by atoms with van der Waals surface area (Å²) in [5, 5.41) is 0. The van der Waals surface area contributed by atoms with Crippen LogP contribution >= 0.6 is 15.9 Å². The van der Waals surface area contributed by atoms with E-state index in [0.717, 1.165) is 17.3 Å². The van der Waals surface area contributed by atoms with E-state index in [1.807, 2.05) is 6.92 Å². The van der Waals surface area contributed by atoms with Crippen molar-refractivity contribution < 1.29 is 19.0 Å². The highest BCUT2D eigenvalue weighted by molar-refractivity contribution is 9.10. The van der Waals surface area contributed by atoms with Gasteiger partial charge in [-0.25, -0.2) is 4.79 Å². The molecule has 0 radical (unpaired) electrons. The summed E-state index contributed by atoms with van der Waals surface area (Å²) in [6.07, 6.45) is 2.29. The molecule has 1 aliphatic carbocycles. The van der Waals surface area contributed by atoms with Crippen LogP contribution in [-0.4, -0.2) is 25.3 Å². The molecule has 2 aliphatic rings. The summed E-state index contributed by atoms with van der Waals surface area (Å²) in [4.78, 5) is 12.1. The van der Waals surface area contributed by atoms with Gasteiger partial charge in [0.25, 0.3) is 0 Å². The molecule has 1 fully saturated rings. The molecule has 0 saturated heterocycles. The first-order valence-electron chi connectivity index (χ1n) is 6.45. The molecule has 3 rings (SSSR count). The molecule has 1 aromatic rings.